The summed E-state index contributed by atoms with van der Waals surface area (Å²) in [5, 5.41) is 0. The van der Waals surface area contributed by atoms with Gasteiger partial charge >= 0.3 is 5.97 Å². The molecule has 0 amide bonds. The first kappa shape index (κ1) is 19.2. The van der Waals surface area contributed by atoms with Crippen molar-refractivity contribution in [1.29, 1.82) is 0 Å². The third kappa shape index (κ3) is 3.76. The summed E-state index contributed by atoms with van der Waals surface area (Å²) in [6.45, 7) is 0.556. The number of ether oxygens (including phenoxy) is 1. The maximum atomic E-state index is 12.8. The van der Waals surface area contributed by atoms with Crippen LogP contribution in [0.15, 0.2) is 95.5 Å². The van der Waals surface area contributed by atoms with Gasteiger partial charge in [0.15, 0.2) is 0 Å². The zero-order valence-corrected chi connectivity index (χ0v) is 17.6. The Hall–Kier alpha value is -3.11. The number of carbonyl (C=O) groups excluding carboxylic acids is 1. The first-order valence-electron chi connectivity index (χ1n) is 9.35. The molecule has 0 fully saturated rings. The molecule has 3 nitrogen and oxygen atoms in total. The second kappa shape index (κ2) is 8.50. The molecule has 1 aromatic heterocycles. The van der Waals surface area contributed by atoms with Crippen LogP contribution in [-0.4, -0.2) is 17.6 Å². The van der Waals surface area contributed by atoms with Crippen LogP contribution in [0.25, 0.3) is 22.4 Å². The number of hydrogen-bond donors (Lipinski definition) is 0. The predicted molar refractivity (Wildman–Crippen MR) is 120 cm³/mol. The lowest BCUT2D eigenvalue weighted by atomic mass is 10.0. The Kier molecular flexibility index (Phi) is 5.63. The van der Waals surface area contributed by atoms with E-state index < -0.39 is 0 Å². The highest BCUT2D eigenvalue weighted by Gasteiger charge is 2.28. The van der Waals surface area contributed by atoms with Gasteiger partial charge in [0, 0.05) is 12.1 Å². The molecule has 144 valence electrons. The maximum absolute atomic E-state index is 12.8. The van der Waals surface area contributed by atoms with Crippen molar-refractivity contribution in [2.45, 2.75) is 6.54 Å². The Morgan fingerprint density at radius 2 is 1.34 bits per heavy atom. The van der Waals surface area contributed by atoms with E-state index in [1.807, 2.05) is 59.2 Å². The third-order valence-corrected chi connectivity index (χ3v) is 5.65. The molecule has 0 aliphatic carbocycles. The summed E-state index contributed by atoms with van der Waals surface area (Å²) in [4.78, 5) is 12.8. The number of esters is 1. The summed E-state index contributed by atoms with van der Waals surface area (Å²) in [5.74, 6) is -0.368. The van der Waals surface area contributed by atoms with Crippen molar-refractivity contribution in [2.24, 2.45) is 0 Å². The van der Waals surface area contributed by atoms with Crippen LogP contribution in [0.1, 0.15) is 16.1 Å². The lowest BCUT2D eigenvalue weighted by Gasteiger charge is -2.14. The molecule has 0 atom stereocenters. The smallest absolute Gasteiger partial charge is 0.355 e. The Balaban J connectivity index is 2.04. The standard InChI is InChI=1S/C25H20BrNO2/c1-29-25(28)24-22(26)21(19-13-7-3-8-14-19)23(20-15-9-4-10-16-20)27(24)17-18-11-5-2-6-12-18/h2-16H,17H2,1H3. The minimum Gasteiger partial charge on any atom is -0.464 e. The highest BCUT2D eigenvalue weighted by molar-refractivity contribution is 9.10. The van der Waals surface area contributed by atoms with Crippen LogP contribution in [0.4, 0.5) is 0 Å². The Labute approximate surface area is 178 Å². The molecule has 0 aliphatic heterocycles. The minimum atomic E-state index is -0.368. The van der Waals surface area contributed by atoms with Crippen LogP contribution in [0, 0.1) is 0 Å². The van der Waals surface area contributed by atoms with Crippen molar-refractivity contribution in [3.05, 3.63) is 107 Å². The molecule has 4 aromatic rings. The predicted octanol–water partition coefficient (Wildman–Crippen LogP) is 6.42. The zero-order valence-electron chi connectivity index (χ0n) is 16.0. The minimum absolute atomic E-state index is 0.368. The van der Waals surface area contributed by atoms with Gasteiger partial charge in [0.05, 0.1) is 17.3 Å². The normalized spacial score (nSPS) is 10.7. The van der Waals surface area contributed by atoms with E-state index in [2.05, 4.69) is 52.3 Å². The average Bonchev–Trinajstić information content (AvgIpc) is 3.06. The van der Waals surface area contributed by atoms with Crippen molar-refractivity contribution >= 4 is 21.9 Å². The SMILES string of the molecule is COC(=O)c1c(Br)c(-c2ccccc2)c(-c2ccccc2)n1Cc1ccccc1. The molecule has 0 spiro atoms. The molecule has 0 bridgehead atoms. The van der Waals surface area contributed by atoms with Gasteiger partial charge in [0.2, 0.25) is 0 Å². The lowest BCUT2D eigenvalue weighted by molar-refractivity contribution is 0.0588. The lowest BCUT2D eigenvalue weighted by Crippen LogP contribution is -2.13. The van der Waals surface area contributed by atoms with Crippen LogP contribution in [-0.2, 0) is 11.3 Å². The first-order chi connectivity index (χ1) is 14.2. The van der Waals surface area contributed by atoms with Gasteiger partial charge in [-0.25, -0.2) is 4.79 Å². The number of carbonyl (C=O) groups is 1. The number of halogens is 1. The summed E-state index contributed by atoms with van der Waals surface area (Å²) in [5.41, 5.74) is 5.65. The van der Waals surface area contributed by atoms with Crippen molar-refractivity contribution in [2.75, 3.05) is 7.11 Å². The summed E-state index contributed by atoms with van der Waals surface area (Å²) < 4.78 is 7.93. The fraction of sp³-hybridized carbons (Fsp3) is 0.0800. The van der Waals surface area contributed by atoms with Crippen molar-refractivity contribution in [3.63, 3.8) is 0 Å². The molecule has 0 aliphatic rings. The highest BCUT2D eigenvalue weighted by atomic mass is 79.9. The molecular formula is C25H20BrNO2. The van der Waals surface area contributed by atoms with E-state index in [1.54, 1.807) is 0 Å². The maximum Gasteiger partial charge on any atom is 0.355 e. The van der Waals surface area contributed by atoms with E-state index in [0.29, 0.717) is 12.2 Å². The topological polar surface area (TPSA) is 31.2 Å². The fourth-order valence-electron chi connectivity index (χ4n) is 3.57. The fourth-order valence-corrected chi connectivity index (χ4v) is 4.37. The van der Waals surface area contributed by atoms with E-state index in [0.717, 1.165) is 32.4 Å². The molecule has 29 heavy (non-hydrogen) atoms. The van der Waals surface area contributed by atoms with Crippen LogP contribution in [0.5, 0.6) is 0 Å². The number of hydrogen-bond acceptors (Lipinski definition) is 2. The zero-order chi connectivity index (χ0) is 20.2. The average molecular weight is 446 g/mol. The summed E-state index contributed by atoms with van der Waals surface area (Å²) in [7, 11) is 1.42. The van der Waals surface area contributed by atoms with Gasteiger partial charge in [-0.1, -0.05) is 91.0 Å². The molecule has 0 saturated carbocycles. The van der Waals surface area contributed by atoms with Gasteiger partial charge in [0.1, 0.15) is 5.69 Å². The number of nitrogens with zero attached hydrogens (tertiary/aromatic N) is 1. The number of benzene rings is 3. The highest BCUT2D eigenvalue weighted by Crippen LogP contribution is 2.43. The number of rotatable bonds is 5. The number of aromatic nitrogens is 1. The van der Waals surface area contributed by atoms with Crippen LogP contribution in [0.2, 0.25) is 0 Å². The van der Waals surface area contributed by atoms with E-state index in [9.17, 15) is 4.79 Å². The molecule has 4 rings (SSSR count). The molecular weight excluding hydrogens is 426 g/mol. The second-order valence-corrected chi connectivity index (χ2v) is 7.47. The summed E-state index contributed by atoms with van der Waals surface area (Å²) in [6, 6.07) is 30.4. The van der Waals surface area contributed by atoms with E-state index >= 15 is 0 Å². The molecule has 4 heteroatoms. The number of methoxy groups -OCH3 is 1. The second-order valence-electron chi connectivity index (χ2n) is 6.68. The quantitative estimate of drug-likeness (QED) is 0.332. The van der Waals surface area contributed by atoms with Gasteiger partial charge in [-0.2, -0.15) is 0 Å². The van der Waals surface area contributed by atoms with Gasteiger partial charge in [-0.3, -0.25) is 0 Å². The van der Waals surface area contributed by atoms with E-state index in [-0.39, 0.29) is 5.97 Å². The first-order valence-corrected chi connectivity index (χ1v) is 10.1. The molecule has 0 N–H and O–H groups in total. The largest absolute Gasteiger partial charge is 0.464 e. The van der Waals surface area contributed by atoms with E-state index in [1.165, 1.54) is 7.11 Å². The molecule has 3 aromatic carbocycles. The van der Waals surface area contributed by atoms with Crippen LogP contribution < -0.4 is 0 Å². The summed E-state index contributed by atoms with van der Waals surface area (Å²) >= 11 is 3.72. The van der Waals surface area contributed by atoms with Gasteiger partial charge in [0.25, 0.3) is 0 Å². The Bertz CT molecular complexity index is 1120. The van der Waals surface area contributed by atoms with Gasteiger partial charge in [-0.15, -0.1) is 0 Å². The summed E-state index contributed by atoms with van der Waals surface area (Å²) in [6.07, 6.45) is 0. The van der Waals surface area contributed by atoms with E-state index in [4.69, 9.17) is 4.74 Å². The van der Waals surface area contributed by atoms with Crippen molar-refractivity contribution < 1.29 is 9.53 Å². The van der Waals surface area contributed by atoms with Crippen LogP contribution >= 0.6 is 15.9 Å². The van der Waals surface area contributed by atoms with Gasteiger partial charge in [-0.05, 0) is 32.6 Å². The third-order valence-electron chi connectivity index (χ3n) is 4.88. The molecule has 0 saturated heterocycles. The van der Waals surface area contributed by atoms with Crippen molar-refractivity contribution in [3.8, 4) is 22.4 Å². The Morgan fingerprint density at radius 3 is 1.90 bits per heavy atom. The Morgan fingerprint density at radius 1 is 0.828 bits per heavy atom. The molecule has 0 unspecified atom stereocenters. The van der Waals surface area contributed by atoms with Crippen LogP contribution in [0.3, 0.4) is 0 Å². The van der Waals surface area contributed by atoms with Crippen molar-refractivity contribution in [1.82, 2.24) is 4.57 Å². The molecule has 1 heterocycles. The monoisotopic (exact) mass is 445 g/mol. The molecule has 0 radical (unpaired) electrons. The van der Waals surface area contributed by atoms with Gasteiger partial charge < -0.3 is 9.30 Å².